The molecule has 1 fully saturated rings. The number of nitrogens with one attached hydrogen (secondary N) is 1. The SMILES string of the molecule is CC(C)n1ncc2c(C(=O)N3CCCCC3CNS(C)(=O)=O)cc(-c3ccco3)nc21. The number of piperidine rings is 1. The summed E-state index contributed by atoms with van der Waals surface area (Å²) in [5, 5.41) is 5.13. The van der Waals surface area contributed by atoms with Gasteiger partial charge in [-0.25, -0.2) is 22.8 Å². The number of hydrogen-bond donors (Lipinski definition) is 1. The molecule has 31 heavy (non-hydrogen) atoms. The summed E-state index contributed by atoms with van der Waals surface area (Å²) in [6.45, 7) is 4.79. The van der Waals surface area contributed by atoms with E-state index >= 15 is 0 Å². The largest absolute Gasteiger partial charge is 0.463 e. The number of carbonyl (C=O) groups is 1. The van der Waals surface area contributed by atoms with E-state index in [0.717, 1.165) is 25.5 Å². The minimum absolute atomic E-state index is 0.0708. The van der Waals surface area contributed by atoms with Crippen LogP contribution in [0.2, 0.25) is 0 Å². The van der Waals surface area contributed by atoms with Gasteiger partial charge in [0.15, 0.2) is 11.4 Å². The topological polar surface area (TPSA) is 110 Å². The van der Waals surface area contributed by atoms with E-state index in [-0.39, 0.29) is 24.5 Å². The van der Waals surface area contributed by atoms with Crippen LogP contribution in [-0.2, 0) is 10.0 Å². The highest BCUT2D eigenvalue weighted by molar-refractivity contribution is 7.88. The van der Waals surface area contributed by atoms with Crippen LogP contribution in [0.3, 0.4) is 0 Å². The molecule has 3 aromatic heterocycles. The van der Waals surface area contributed by atoms with Crippen molar-refractivity contribution in [3.63, 3.8) is 0 Å². The first-order valence-corrected chi connectivity index (χ1v) is 12.3. The fourth-order valence-corrected chi connectivity index (χ4v) is 4.50. The van der Waals surface area contributed by atoms with E-state index in [4.69, 9.17) is 9.40 Å². The highest BCUT2D eigenvalue weighted by Crippen LogP contribution is 2.29. The molecule has 0 spiro atoms. The van der Waals surface area contributed by atoms with Crippen LogP contribution in [0.25, 0.3) is 22.5 Å². The van der Waals surface area contributed by atoms with E-state index in [9.17, 15) is 13.2 Å². The lowest BCUT2D eigenvalue weighted by Crippen LogP contribution is -2.49. The number of rotatable bonds is 6. The average molecular weight is 446 g/mol. The summed E-state index contributed by atoms with van der Waals surface area (Å²) < 4.78 is 33.1. The van der Waals surface area contributed by atoms with E-state index in [1.165, 1.54) is 0 Å². The Hall–Kier alpha value is -2.72. The van der Waals surface area contributed by atoms with Crippen molar-refractivity contribution in [3.05, 3.63) is 36.2 Å². The third-order valence-corrected chi connectivity index (χ3v) is 6.22. The molecule has 1 N–H and O–H groups in total. The molecule has 0 aromatic carbocycles. The predicted molar refractivity (Wildman–Crippen MR) is 117 cm³/mol. The summed E-state index contributed by atoms with van der Waals surface area (Å²) in [6.07, 6.45) is 6.96. The van der Waals surface area contributed by atoms with Gasteiger partial charge < -0.3 is 9.32 Å². The quantitative estimate of drug-likeness (QED) is 0.625. The summed E-state index contributed by atoms with van der Waals surface area (Å²) in [5.74, 6) is 0.421. The maximum atomic E-state index is 13.7. The van der Waals surface area contributed by atoms with Crippen LogP contribution >= 0.6 is 0 Å². The van der Waals surface area contributed by atoms with Crippen molar-refractivity contribution >= 4 is 27.0 Å². The molecule has 1 amide bonds. The van der Waals surface area contributed by atoms with E-state index in [0.29, 0.717) is 34.6 Å². The van der Waals surface area contributed by atoms with Crippen LogP contribution in [0.15, 0.2) is 35.1 Å². The number of carbonyl (C=O) groups excluding carboxylic acids is 1. The van der Waals surface area contributed by atoms with Gasteiger partial charge in [-0.3, -0.25) is 4.79 Å². The predicted octanol–water partition coefficient (Wildman–Crippen LogP) is 2.82. The number of furan rings is 1. The van der Waals surface area contributed by atoms with Gasteiger partial charge in [-0.05, 0) is 51.3 Å². The van der Waals surface area contributed by atoms with Gasteiger partial charge in [0.1, 0.15) is 5.69 Å². The maximum absolute atomic E-state index is 13.7. The fourth-order valence-electron chi connectivity index (χ4n) is 4.01. The summed E-state index contributed by atoms with van der Waals surface area (Å²) >= 11 is 0. The van der Waals surface area contributed by atoms with Crippen molar-refractivity contribution in [3.8, 4) is 11.5 Å². The van der Waals surface area contributed by atoms with Crippen LogP contribution in [0.1, 0.15) is 49.5 Å². The van der Waals surface area contributed by atoms with Crippen molar-refractivity contribution in [2.24, 2.45) is 0 Å². The van der Waals surface area contributed by atoms with Gasteiger partial charge in [-0.15, -0.1) is 0 Å². The molecule has 1 atom stereocenters. The molecular formula is C21H27N5O4S. The number of amides is 1. The fraction of sp³-hybridized carbons (Fsp3) is 0.476. The molecule has 1 unspecified atom stereocenters. The molecule has 1 aliphatic rings. The third-order valence-electron chi connectivity index (χ3n) is 5.53. The van der Waals surface area contributed by atoms with Crippen molar-refractivity contribution in [2.75, 3.05) is 19.3 Å². The molecule has 1 saturated heterocycles. The van der Waals surface area contributed by atoms with Crippen molar-refractivity contribution in [1.82, 2.24) is 24.4 Å². The number of likely N-dealkylation sites (tertiary alicyclic amines) is 1. The van der Waals surface area contributed by atoms with Gasteiger partial charge in [-0.2, -0.15) is 5.10 Å². The number of sulfonamides is 1. The summed E-state index contributed by atoms with van der Waals surface area (Å²) in [7, 11) is -3.34. The van der Waals surface area contributed by atoms with Crippen LogP contribution in [-0.4, -0.2) is 59.4 Å². The second-order valence-electron chi connectivity index (χ2n) is 8.22. The summed E-state index contributed by atoms with van der Waals surface area (Å²) in [5.41, 5.74) is 1.68. The van der Waals surface area contributed by atoms with Gasteiger partial charge in [0.25, 0.3) is 5.91 Å². The lowest BCUT2D eigenvalue weighted by atomic mass is 10.00. The smallest absolute Gasteiger partial charge is 0.255 e. The average Bonchev–Trinajstić information content (AvgIpc) is 3.40. The number of aromatic nitrogens is 3. The molecule has 10 heteroatoms. The first-order valence-electron chi connectivity index (χ1n) is 10.4. The molecule has 4 heterocycles. The lowest BCUT2D eigenvalue weighted by Gasteiger charge is -2.36. The lowest BCUT2D eigenvalue weighted by molar-refractivity contribution is 0.0621. The van der Waals surface area contributed by atoms with Crippen molar-refractivity contribution in [2.45, 2.75) is 45.2 Å². The molecule has 0 radical (unpaired) electrons. The Kier molecular flexibility index (Phi) is 5.85. The van der Waals surface area contributed by atoms with Crippen molar-refractivity contribution in [1.29, 1.82) is 0 Å². The number of fused-ring (bicyclic) bond motifs is 1. The number of nitrogens with zero attached hydrogens (tertiary/aromatic N) is 4. The Morgan fingerprint density at radius 1 is 1.35 bits per heavy atom. The van der Waals surface area contributed by atoms with Crippen LogP contribution in [0.4, 0.5) is 0 Å². The zero-order valence-corrected chi connectivity index (χ0v) is 18.7. The van der Waals surface area contributed by atoms with E-state index < -0.39 is 10.0 Å². The van der Waals surface area contributed by atoms with Gasteiger partial charge in [0.2, 0.25) is 10.0 Å². The molecule has 0 bridgehead atoms. The first-order chi connectivity index (χ1) is 14.7. The highest BCUT2D eigenvalue weighted by Gasteiger charge is 2.30. The normalized spacial score (nSPS) is 17.5. The molecule has 1 aliphatic heterocycles. The van der Waals surface area contributed by atoms with Gasteiger partial charge in [0.05, 0.1) is 29.7 Å². The van der Waals surface area contributed by atoms with Gasteiger partial charge in [-0.1, -0.05) is 0 Å². The zero-order chi connectivity index (χ0) is 22.2. The van der Waals surface area contributed by atoms with E-state index in [1.54, 1.807) is 40.2 Å². The highest BCUT2D eigenvalue weighted by atomic mass is 32.2. The van der Waals surface area contributed by atoms with Crippen LogP contribution < -0.4 is 4.72 Å². The van der Waals surface area contributed by atoms with Gasteiger partial charge >= 0.3 is 0 Å². The van der Waals surface area contributed by atoms with Crippen molar-refractivity contribution < 1.29 is 17.6 Å². The second kappa shape index (κ2) is 8.43. The standard InChI is InChI=1S/C21H27N5O4S/c1-14(2)26-20-17(13-22-26)16(11-18(24-20)19-8-6-10-30-19)21(27)25-9-5-4-7-15(25)12-23-31(3,28)29/h6,8,10-11,13-15,23H,4-5,7,9,12H2,1-3H3. The van der Waals surface area contributed by atoms with Crippen LogP contribution in [0, 0.1) is 0 Å². The molecule has 0 aliphatic carbocycles. The molecule has 9 nitrogen and oxygen atoms in total. The number of hydrogen-bond acceptors (Lipinski definition) is 6. The molecule has 3 aromatic rings. The Bertz CT molecular complexity index is 1180. The molecule has 0 saturated carbocycles. The Morgan fingerprint density at radius 3 is 2.84 bits per heavy atom. The van der Waals surface area contributed by atoms with Gasteiger partial charge in [0, 0.05) is 25.2 Å². The second-order valence-corrected chi connectivity index (χ2v) is 10.1. The zero-order valence-electron chi connectivity index (χ0n) is 17.9. The van der Waals surface area contributed by atoms with E-state index in [2.05, 4.69) is 9.82 Å². The Labute approximate surface area is 181 Å². The Morgan fingerprint density at radius 2 is 2.16 bits per heavy atom. The monoisotopic (exact) mass is 445 g/mol. The third kappa shape index (κ3) is 4.49. The Balaban J connectivity index is 1.77. The molecule has 4 rings (SSSR count). The molecule has 166 valence electrons. The minimum atomic E-state index is -3.34. The number of pyridine rings is 1. The maximum Gasteiger partial charge on any atom is 0.255 e. The summed E-state index contributed by atoms with van der Waals surface area (Å²) in [6, 6.07) is 5.19. The van der Waals surface area contributed by atoms with Crippen LogP contribution in [0.5, 0.6) is 0 Å². The van der Waals surface area contributed by atoms with E-state index in [1.807, 2.05) is 13.8 Å². The first kappa shape index (κ1) is 21.5. The minimum Gasteiger partial charge on any atom is -0.463 e. The summed E-state index contributed by atoms with van der Waals surface area (Å²) in [4.78, 5) is 20.2. The molecular weight excluding hydrogens is 418 g/mol.